The molecule has 0 aromatic heterocycles. The Morgan fingerprint density at radius 1 is 1.00 bits per heavy atom. The second-order valence-electron chi connectivity index (χ2n) is 9.89. The monoisotopic (exact) mass is 425 g/mol. The number of ether oxygens (including phenoxy) is 1. The molecule has 1 atom stereocenters. The van der Waals surface area contributed by atoms with Gasteiger partial charge < -0.3 is 10.1 Å². The molecule has 0 spiro atoms. The summed E-state index contributed by atoms with van der Waals surface area (Å²) in [6, 6.07) is 20.9. The molecule has 3 nitrogen and oxygen atoms in total. The zero-order valence-corrected chi connectivity index (χ0v) is 19.2. The van der Waals surface area contributed by atoms with Gasteiger partial charge in [-0.15, -0.1) is 0 Å². The van der Waals surface area contributed by atoms with Crippen LogP contribution in [0.5, 0.6) is 5.75 Å². The topological polar surface area (TPSA) is 38.3 Å². The van der Waals surface area contributed by atoms with E-state index in [1.54, 1.807) is 0 Å². The molecule has 2 aliphatic rings. The normalized spacial score (nSPS) is 19.3. The number of anilines is 1. The third-order valence-electron chi connectivity index (χ3n) is 6.72. The average Bonchev–Trinajstić information content (AvgIpc) is 2.78. The molecule has 1 N–H and O–H groups in total. The fraction of sp³-hybridized carbons (Fsp3) is 0.345. The number of nitrogens with one attached hydrogen (secondary N) is 1. The smallest absolute Gasteiger partial charge is 0.162 e. The number of carbonyl (C=O) groups is 1. The minimum Gasteiger partial charge on any atom is -0.494 e. The van der Waals surface area contributed by atoms with E-state index in [0.717, 1.165) is 48.4 Å². The van der Waals surface area contributed by atoms with E-state index >= 15 is 0 Å². The predicted molar refractivity (Wildman–Crippen MR) is 132 cm³/mol. The van der Waals surface area contributed by atoms with Gasteiger partial charge in [-0.25, -0.2) is 0 Å². The fourth-order valence-electron chi connectivity index (χ4n) is 5.18. The van der Waals surface area contributed by atoms with Crippen molar-refractivity contribution in [3.8, 4) is 5.75 Å². The predicted octanol–water partition coefficient (Wildman–Crippen LogP) is 7.33. The number of carbonyl (C=O) groups excluding carboxylic acids is 1. The standard InChI is InChI=1S/C29H31NO2/c1-4-5-16-32-21-13-10-20(11-14-21)28-27-23(17-29(2,3)18-25(27)31)26-22-9-7-6-8-19(22)12-15-24(26)30-28/h6-15,28,30H,4-5,16-18H2,1-3H3/t28-/m0/s1. The van der Waals surface area contributed by atoms with Crippen LogP contribution >= 0.6 is 0 Å². The summed E-state index contributed by atoms with van der Waals surface area (Å²) in [6.07, 6.45) is 3.67. The SMILES string of the molecule is CCCCOc1ccc([C@@H]2Nc3ccc4ccccc4c3C3=C2C(=O)CC(C)(C)C3)cc1. The Kier molecular flexibility index (Phi) is 5.28. The molecule has 5 rings (SSSR count). The highest BCUT2D eigenvalue weighted by Crippen LogP contribution is 2.52. The first-order valence-corrected chi connectivity index (χ1v) is 11.7. The number of rotatable bonds is 5. The van der Waals surface area contributed by atoms with Gasteiger partial charge in [-0.05, 0) is 58.4 Å². The molecule has 0 amide bonds. The van der Waals surface area contributed by atoms with Crippen LogP contribution in [0.4, 0.5) is 5.69 Å². The number of benzene rings is 3. The lowest BCUT2D eigenvalue weighted by Gasteiger charge is -2.40. The first-order valence-electron chi connectivity index (χ1n) is 11.7. The maximum atomic E-state index is 13.5. The minimum absolute atomic E-state index is 0.0387. The van der Waals surface area contributed by atoms with Crippen LogP contribution in [-0.2, 0) is 4.79 Å². The Morgan fingerprint density at radius 3 is 2.56 bits per heavy atom. The van der Waals surface area contributed by atoms with Crippen molar-refractivity contribution in [2.24, 2.45) is 5.41 Å². The molecule has 1 heterocycles. The third-order valence-corrected chi connectivity index (χ3v) is 6.72. The summed E-state index contributed by atoms with van der Waals surface area (Å²) in [4.78, 5) is 13.5. The van der Waals surface area contributed by atoms with Gasteiger partial charge in [-0.3, -0.25) is 4.79 Å². The lowest BCUT2D eigenvalue weighted by Crippen LogP contribution is -2.33. The molecule has 0 radical (unpaired) electrons. The van der Waals surface area contributed by atoms with Gasteiger partial charge in [-0.1, -0.05) is 69.7 Å². The Hall–Kier alpha value is -3.07. The molecule has 0 unspecified atom stereocenters. The van der Waals surface area contributed by atoms with Crippen molar-refractivity contribution >= 4 is 27.8 Å². The van der Waals surface area contributed by atoms with Gasteiger partial charge in [0, 0.05) is 23.2 Å². The largest absolute Gasteiger partial charge is 0.494 e. The van der Waals surface area contributed by atoms with Gasteiger partial charge in [0.2, 0.25) is 0 Å². The first kappa shape index (κ1) is 20.8. The highest BCUT2D eigenvalue weighted by Gasteiger charge is 2.40. The zero-order valence-electron chi connectivity index (χ0n) is 19.2. The van der Waals surface area contributed by atoms with Crippen molar-refractivity contribution in [2.75, 3.05) is 11.9 Å². The van der Waals surface area contributed by atoms with Crippen LogP contribution in [0.1, 0.15) is 63.6 Å². The molecular formula is C29H31NO2. The second-order valence-corrected chi connectivity index (χ2v) is 9.89. The molecule has 164 valence electrons. The third kappa shape index (κ3) is 3.70. The lowest BCUT2D eigenvalue weighted by molar-refractivity contribution is -0.118. The van der Waals surface area contributed by atoms with E-state index in [1.165, 1.54) is 21.9 Å². The van der Waals surface area contributed by atoms with Crippen molar-refractivity contribution < 1.29 is 9.53 Å². The Morgan fingerprint density at radius 2 is 1.78 bits per heavy atom. The number of unbranched alkanes of at least 4 members (excludes halogenated alkanes) is 1. The van der Waals surface area contributed by atoms with E-state index < -0.39 is 0 Å². The van der Waals surface area contributed by atoms with Crippen molar-refractivity contribution in [1.29, 1.82) is 0 Å². The highest BCUT2D eigenvalue weighted by atomic mass is 16.5. The lowest BCUT2D eigenvalue weighted by atomic mass is 9.68. The summed E-state index contributed by atoms with van der Waals surface area (Å²) >= 11 is 0. The Labute approximate surface area is 190 Å². The number of hydrogen-bond donors (Lipinski definition) is 1. The van der Waals surface area contributed by atoms with Crippen LogP contribution in [0.3, 0.4) is 0 Å². The Bertz CT molecular complexity index is 1200. The number of hydrogen-bond acceptors (Lipinski definition) is 3. The van der Waals surface area contributed by atoms with Gasteiger partial charge in [0.1, 0.15) is 5.75 Å². The number of allylic oxidation sites excluding steroid dienone is 1. The molecule has 3 heteroatoms. The van der Waals surface area contributed by atoms with Crippen LogP contribution in [0, 0.1) is 5.41 Å². The van der Waals surface area contributed by atoms with Crippen LogP contribution in [0.2, 0.25) is 0 Å². The number of fused-ring (bicyclic) bond motifs is 4. The second kappa shape index (κ2) is 8.12. The molecular weight excluding hydrogens is 394 g/mol. The van der Waals surface area contributed by atoms with Gasteiger partial charge in [-0.2, -0.15) is 0 Å². The van der Waals surface area contributed by atoms with E-state index in [-0.39, 0.29) is 17.2 Å². The number of ketones is 1. The van der Waals surface area contributed by atoms with Gasteiger partial charge in [0.25, 0.3) is 0 Å². The minimum atomic E-state index is -0.132. The van der Waals surface area contributed by atoms with E-state index in [4.69, 9.17) is 4.74 Å². The number of Topliss-reactive ketones (excluding diaryl/α,β-unsaturated/α-hetero) is 1. The van der Waals surface area contributed by atoms with E-state index in [9.17, 15) is 4.79 Å². The van der Waals surface area contributed by atoms with E-state index in [2.05, 4.69) is 74.6 Å². The first-order chi connectivity index (χ1) is 15.5. The summed E-state index contributed by atoms with van der Waals surface area (Å²) in [5.41, 5.74) is 5.53. The van der Waals surface area contributed by atoms with Crippen LogP contribution in [0.15, 0.2) is 66.2 Å². The van der Waals surface area contributed by atoms with Crippen LogP contribution in [0.25, 0.3) is 16.3 Å². The summed E-state index contributed by atoms with van der Waals surface area (Å²) in [6.45, 7) is 7.31. The molecule has 1 aliphatic heterocycles. The maximum absolute atomic E-state index is 13.5. The molecule has 3 aromatic rings. The summed E-state index contributed by atoms with van der Waals surface area (Å²) in [7, 11) is 0. The molecule has 0 fully saturated rings. The summed E-state index contributed by atoms with van der Waals surface area (Å²) in [5.74, 6) is 1.14. The summed E-state index contributed by atoms with van der Waals surface area (Å²) in [5, 5.41) is 6.14. The molecule has 0 saturated carbocycles. The van der Waals surface area contributed by atoms with E-state index in [1.807, 2.05) is 12.1 Å². The van der Waals surface area contributed by atoms with Gasteiger partial charge >= 0.3 is 0 Å². The van der Waals surface area contributed by atoms with E-state index in [0.29, 0.717) is 6.42 Å². The Balaban J connectivity index is 1.61. The van der Waals surface area contributed by atoms with Crippen molar-refractivity contribution in [2.45, 2.75) is 52.5 Å². The zero-order chi connectivity index (χ0) is 22.3. The van der Waals surface area contributed by atoms with Crippen molar-refractivity contribution in [3.05, 3.63) is 77.4 Å². The maximum Gasteiger partial charge on any atom is 0.162 e. The highest BCUT2D eigenvalue weighted by molar-refractivity contribution is 6.12. The van der Waals surface area contributed by atoms with Crippen molar-refractivity contribution in [3.63, 3.8) is 0 Å². The fourth-order valence-corrected chi connectivity index (χ4v) is 5.18. The molecule has 0 bridgehead atoms. The molecule has 1 aliphatic carbocycles. The van der Waals surface area contributed by atoms with Crippen molar-refractivity contribution in [1.82, 2.24) is 0 Å². The molecule has 0 saturated heterocycles. The molecule has 32 heavy (non-hydrogen) atoms. The summed E-state index contributed by atoms with van der Waals surface area (Å²) < 4.78 is 5.85. The van der Waals surface area contributed by atoms with Gasteiger partial charge in [0.15, 0.2) is 5.78 Å². The average molecular weight is 426 g/mol. The van der Waals surface area contributed by atoms with Crippen LogP contribution < -0.4 is 10.1 Å². The quantitative estimate of drug-likeness (QED) is 0.435. The van der Waals surface area contributed by atoms with Gasteiger partial charge in [0.05, 0.1) is 12.6 Å². The molecule has 3 aromatic carbocycles. The van der Waals surface area contributed by atoms with Crippen LogP contribution in [-0.4, -0.2) is 12.4 Å².